The monoisotopic (exact) mass is 248 g/mol. The van der Waals surface area contributed by atoms with Gasteiger partial charge in [-0.3, -0.25) is 0 Å². The number of rotatable bonds is 7. The fraction of sp³-hybridized carbons (Fsp3) is 1.00. The van der Waals surface area contributed by atoms with Crippen LogP contribution in [0.1, 0.15) is 51.9 Å². The summed E-state index contributed by atoms with van der Waals surface area (Å²) in [4.78, 5) is 0. The highest BCUT2D eigenvalue weighted by atomic mass is 32.2. The summed E-state index contributed by atoms with van der Waals surface area (Å²) in [5, 5.41) is 0. The van der Waals surface area contributed by atoms with Crippen molar-refractivity contribution in [2.75, 3.05) is 13.1 Å². The molecule has 0 saturated heterocycles. The van der Waals surface area contributed by atoms with Crippen LogP contribution in [-0.2, 0) is 10.2 Å². The van der Waals surface area contributed by atoms with Crippen molar-refractivity contribution < 1.29 is 8.42 Å². The third-order valence-corrected chi connectivity index (χ3v) is 4.24. The minimum Gasteiger partial charge on any atom is -0.202 e. The van der Waals surface area contributed by atoms with Gasteiger partial charge in [-0.25, -0.2) is 9.44 Å². The van der Waals surface area contributed by atoms with Gasteiger partial charge in [0.15, 0.2) is 0 Å². The molecule has 1 aliphatic rings. The molecular formula is C11H24N2O2S. The van der Waals surface area contributed by atoms with Gasteiger partial charge in [0, 0.05) is 13.1 Å². The highest BCUT2D eigenvalue weighted by Crippen LogP contribution is 2.22. The lowest BCUT2D eigenvalue weighted by Gasteiger charge is -2.21. The molecule has 0 amide bonds. The Bertz CT molecular complexity index is 272. The number of unbranched alkanes of at least 4 members (excludes halogenated alkanes) is 1. The average Bonchev–Trinajstić information content (AvgIpc) is 2.28. The molecule has 0 atom stereocenters. The zero-order valence-corrected chi connectivity index (χ0v) is 11.0. The van der Waals surface area contributed by atoms with E-state index in [4.69, 9.17) is 0 Å². The SMILES string of the molecule is CCCCNS(=O)(=O)NCC1CCCCC1. The first-order valence-electron chi connectivity index (χ1n) is 6.38. The smallest absolute Gasteiger partial charge is 0.202 e. The Morgan fingerprint density at radius 1 is 1.12 bits per heavy atom. The minimum atomic E-state index is -3.25. The number of nitrogens with one attached hydrogen (secondary N) is 2. The molecule has 5 heteroatoms. The second-order valence-electron chi connectivity index (χ2n) is 4.60. The molecule has 4 nitrogen and oxygen atoms in total. The first kappa shape index (κ1) is 13.9. The van der Waals surface area contributed by atoms with E-state index in [9.17, 15) is 8.42 Å². The Morgan fingerprint density at radius 2 is 1.81 bits per heavy atom. The van der Waals surface area contributed by atoms with E-state index in [0.29, 0.717) is 19.0 Å². The van der Waals surface area contributed by atoms with Crippen LogP contribution in [0.25, 0.3) is 0 Å². The van der Waals surface area contributed by atoms with Crippen LogP contribution in [0.2, 0.25) is 0 Å². The fourth-order valence-corrected chi connectivity index (χ4v) is 3.02. The van der Waals surface area contributed by atoms with Gasteiger partial charge in [-0.2, -0.15) is 8.42 Å². The van der Waals surface area contributed by atoms with Crippen molar-refractivity contribution in [1.29, 1.82) is 0 Å². The molecular weight excluding hydrogens is 224 g/mol. The van der Waals surface area contributed by atoms with Crippen molar-refractivity contribution in [3.63, 3.8) is 0 Å². The predicted octanol–water partition coefficient (Wildman–Crippen LogP) is 1.79. The highest BCUT2D eigenvalue weighted by molar-refractivity contribution is 7.87. The molecule has 0 aromatic heterocycles. The van der Waals surface area contributed by atoms with Crippen LogP contribution in [0.3, 0.4) is 0 Å². The molecule has 0 heterocycles. The van der Waals surface area contributed by atoms with Gasteiger partial charge >= 0.3 is 0 Å². The van der Waals surface area contributed by atoms with Gasteiger partial charge in [-0.1, -0.05) is 32.6 Å². The Labute approximate surface area is 99.4 Å². The molecule has 0 bridgehead atoms. The maximum atomic E-state index is 11.5. The molecule has 16 heavy (non-hydrogen) atoms. The first-order valence-corrected chi connectivity index (χ1v) is 7.86. The van der Waals surface area contributed by atoms with Crippen molar-refractivity contribution in [3.8, 4) is 0 Å². The molecule has 96 valence electrons. The van der Waals surface area contributed by atoms with Crippen molar-refractivity contribution in [2.24, 2.45) is 5.92 Å². The molecule has 1 fully saturated rings. The zero-order chi connectivity index (χ0) is 11.9. The quantitative estimate of drug-likeness (QED) is 0.675. The van der Waals surface area contributed by atoms with Crippen molar-refractivity contribution in [1.82, 2.24) is 9.44 Å². The van der Waals surface area contributed by atoms with Crippen LogP contribution < -0.4 is 9.44 Å². The summed E-state index contributed by atoms with van der Waals surface area (Å²) < 4.78 is 28.3. The van der Waals surface area contributed by atoms with E-state index in [2.05, 4.69) is 9.44 Å². The van der Waals surface area contributed by atoms with E-state index in [-0.39, 0.29) is 0 Å². The summed E-state index contributed by atoms with van der Waals surface area (Å²) in [5.74, 6) is 0.538. The largest absolute Gasteiger partial charge is 0.276 e. The van der Waals surface area contributed by atoms with E-state index in [1.54, 1.807) is 0 Å². The molecule has 0 spiro atoms. The normalized spacial score (nSPS) is 18.8. The van der Waals surface area contributed by atoms with E-state index in [1.165, 1.54) is 19.3 Å². The van der Waals surface area contributed by atoms with E-state index < -0.39 is 10.2 Å². The second kappa shape index (κ2) is 7.25. The summed E-state index contributed by atoms with van der Waals surface area (Å²) in [6.45, 7) is 3.18. The number of hydrogen-bond donors (Lipinski definition) is 2. The lowest BCUT2D eigenvalue weighted by molar-refractivity contribution is 0.356. The molecule has 0 aliphatic heterocycles. The van der Waals surface area contributed by atoms with Crippen LogP contribution >= 0.6 is 0 Å². The molecule has 1 aliphatic carbocycles. The molecule has 2 N–H and O–H groups in total. The summed E-state index contributed by atoms with van der Waals surface area (Å²) in [6.07, 6.45) is 8.02. The van der Waals surface area contributed by atoms with Crippen molar-refractivity contribution >= 4 is 10.2 Å². The summed E-state index contributed by atoms with van der Waals surface area (Å²) >= 11 is 0. The summed E-state index contributed by atoms with van der Waals surface area (Å²) in [7, 11) is -3.25. The van der Waals surface area contributed by atoms with E-state index in [1.807, 2.05) is 6.92 Å². The first-order chi connectivity index (χ1) is 7.64. The van der Waals surface area contributed by atoms with Gasteiger partial charge in [0.1, 0.15) is 0 Å². The van der Waals surface area contributed by atoms with Crippen LogP contribution in [-0.4, -0.2) is 21.5 Å². The maximum Gasteiger partial charge on any atom is 0.276 e. The van der Waals surface area contributed by atoms with Crippen molar-refractivity contribution in [2.45, 2.75) is 51.9 Å². The zero-order valence-electron chi connectivity index (χ0n) is 10.2. The van der Waals surface area contributed by atoms with Crippen LogP contribution in [0, 0.1) is 5.92 Å². The molecule has 0 radical (unpaired) electrons. The van der Waals surface area contributed by atoms with Crippen LogP contribution in [0.15, 0.2) is 0 Å². The summed E-state index contributed by atoms with van der Waals surface area (Å²) in [5.41, 5.74) is 0. The average molecular weight is 248 g/mol. The molecule has 0 aromatic rings. The van der Waals surface area contributed by atoms with Gasteiger partial charge in [0.25, 0.3) is 10.2 Å². The van der Waals surface area contributed by atoms with E-state index in [0.717, 1.165) is 25.7 Å². The van der Waals surface area contributed by atoms with Crippen LogP contribution in [0.5, 0.6) is 0 Å². The molecule has 1 rings (SSSR count). The third-order valence-electron chi connectivity index (χ3n) is 3.11. The maximum absolute atomic E-state index is 11.5. The van der Waals surface area contributed by atoms with Gasteiger partial charge in [0.05, 0.1) is 0 Å². The lowest BCUT2D eigenvalue weighted by atomic mass is 9.90. The standard InChI is InChI=1S/C11H24N2O2S/c1-2-3-9-12-16(14,15)13-10-11-7-5-4-6-8-11/h11-13H,2-10H2,1H3. The third kappa shape index (κ3) is 5.82. The Kier molecular flexibility index (Phi) is 6.31. The molecule has 1 saturated carbocycles. The Morgan fingerprint density at radius 3 is 2.44 bits per heavy atom. The predicted molar refractivity (Wildman–Crippen MR) is 66.4 cm³/mol. The van der Waals surface area contributed by atoms with Gasteiger partial charge in [0.2, 0.25) is 0 Å². The fourth-order valence-electron chi connectivity index (χ4n) is 2.05. The van der Waals surface area contributed by atoms with Crippen LogP contribution in [0.4, 0.5) is 0 Å². The number of hydrogen-bond acceptors (Lipinski definition) is 2. The van der Waals surface area contributed by atoms with Gasteiger partial charge in [-0.05, 0) is 25.2 Å². The van der Waals surface area contributed by atoms with Crippen molar-refractivity contribution in [3.05, 3.63) is 0 Å². The van der Waals surface area contributed by atoms with Gasteiger partial charge < -0.3 is 0 Å². The highest BCUT2D eigenvalue weighted by Gasteiger charge is 2.16. The molecule has 0 aromatic carbocycles. The van der Waals surface area contributed by atoms with E-state index >= 15 is 0 Å². The van der Waals surface area contributed by atoms with Gasteiger partial charge in [-0.15, -0.1) is 0 Å². The summed E-state index contributed by atoms with van der Waals surface area (Å²) in [6, 6.07) is 0. The lowest BCUT2D eigenvalue weighted by Crippen LogP contribution is -2.39. The topological polar surface area (TPSA) is 58.2 Å². The Hall–Kier alpha value is -0.130. The Balaban J connectivity index is 2.18. The second-order valence-corrected chi connectivity index (χ2v) is 6.19. The molecule has 0 unspecified atom stereocenters. The minimum absolute atomic E-state index is 0.538.